The van der Waals surface area contributed by atoms with E-state index in [9.17, 15) is 0 Å². The van der Waals surface area contributed by atoms with Crippen LogP contribution < -0.4 is 11.5 Å². The maximum absolute atomic E-state index is 5.86. The predicted octanol–water partition coefficient (Wildman–Crippen LogP) is 1.61. The molecule has 0 aliphatic carbocycles. The van der Waals surface area contributed by atoms with Crippen LogP contribution in [0.25, 0.3) is 0 Å². The standard InChI is InChI=1S/C8H19BrN2/c1-4-6(10)7(11)5-8(2,3)9/h6-7H,4-5,10-11H2,1-3H3. The summed E-state index contributed by atoms with van der Waals surface area (Å²) < 4.78 is 0.110. The normalized spacial score (nSPS) is 18.0. The van der Waals surface area contributed by atoms with Crippen LogP contribution in [-0.2, 0) is 0 Å². The van der Waals surface area contributed by atoms with Crippen molar-refractivity contribution in [1.29, 1.82) is 0 Å². The SMILES string of the molecule is CCC(N)C(N)CC(C)(C)Br. The van der Waals surface area contributed by atoms with Crippen LogP contribution in [0.1, 0.15) is 33.6 Å². The van der Waals surface area contributed by atoms with Crippen LogP contribution >= 0.6 is 15.9 Å². The van der Waals surface area contributed by atoms with Crippen LogP contribution in [0.5, 0.6) is 0 Å². The van der Waals surface area contributed by atoms with Crippen molar-refractivity contribution in [3.63, 3.8) is 0 Å². The molecule has 0 radical (unpaired) electrons. The highest BCUT2D eigenvalue weighted by atomic mass is 79.9. The van der Waals surface area contributed by atoms with Crippen molar-refractivity contribution in [3.8, 4) is 0 Å². The van der Waals surface area contributed by atoms with Gasteiger partial charge in [0.15, 0.2) is 0 Å². The number of alkyl halides is 1. The van der Waals surface area contributed by atoms with Gasteiger partial charge in [0.1, 0.15) is 0 Å². The average molecular weight is 223 g/mol. The van der Waals surface area contributed by atoms with Crippen molar-refractivity contribution in [1.82, 2.24) is 0 Å². The van der Waals surface area contributed by atoms with Gasteiger partial charge in [0.25, 0.3) is 0 Å². The quantitative estimate of drug-likeness (QED) is 0.711. The molecule has 11 heavy (non-hydrogen) atoms. The molecule has 0 bridgehead atoms. The van der Waals surface area contributed by atoms with Crippen LogP contribution in [0, 0.1) is 0 Å². The molecule has 3 heteroatoms. The lowest BCUT2D eigenvalue weighted by Crippen LogP contribution is -2.43. The van der Waals surface area contributed by atoms with E-state index in [4.69, 9.17) is 11.5 Å². The molecule has 0 aliphatic rings. The first kappa shape index (κ1) is 11.4. The smallest absolute Gasteiger partial charge is 0.0217 e. The van der Waals surface area contributed by atoms with Crippen molar-refractivity contribution in [2.24, 2.45) is 11.5 Å². The molecule has 4 N–H and O–H groups in total. The molecule has 0 saturated heterocycles. The molecule has 2 unspecified atom stereocenters. The van der Waals surface area contributed by atoms with Crippen molar-refractivity contribution in [3.05, 3.63) is 0 Å². The van der Waals surface area contributed by atoms with Gasteiger partial charge >= 0.3 is 0 Å². The van der Waals surface area contributed by atoms with Crippen LogP contribution in [0.3, 0.4) is 0 Å². The Balaban J connectivity index is 3.77. The zero-order valence-corrected chi connectivity index (χ0v) is 9.19. The third-order valence-corrected chi connectivity index (χ3v) is 2.07. The summed E-state index contributed by atoms with van der Waals surface area (Å²) in [6.45, 7) is 6.27. The summed E-state index contributed by atoms with van der Waals surface area (Å²) >= 11 is 3.54. The molecule has 2 atom stereocenters. The lowest BCUT2D eigenvalue weighted by molar-refractivity contribution is 0.448. The fraction of sp³-hybridized carbons (Fsp3) is 1.00. The largest absolute Gasteiger partial charge is 0.326 e. The zero-order valence-electron chi connectivity index (χ0n) is 7.60. The lowest BCUT2D eigenvalue weighted by Gasteiger charge is -2.25. The van der Waals surface area contributed by atoms with E-state index in [2.05, 4.69) is 36.7 Å². The minimum absolute atomic E-state index is 0.106. The number of nitrogens with two attached hydrogens (primary N) is 2. The summed E-state index contributed by atoms with van der Waals surface area (Å²) in [5.41, 5.74) is 11.6. The fourth-order valence-corrected chi connectivity index (χ4v) is 1.39. The maximum Gasteiger partial charge on any atom is 0.0217 e. The van der Waals surface area contributed by atoms with Crippen LogP contribution in [0.4, 0.5) is 0 Å². The second-order valence-corrected chi connectivity index (χ2v) is 5.81. The van der Waals surface area contributed by atoms with E-state index >= 15 is 0 Å². The minimum Gasteiger partial charge on any atom is -0.326 e. The van der Waals surface area contributed by atoms with E-state index in [1.54, 1.807) is 0 Å². The summed E-state index contributed by atoms with van der Waals surface area (Å²) in [4.78, 5) is 0. The Labute approximate surface area is 77.8 Å². The molecular weight excluding hydrogens is 204 g/mol. The van der Waals surface area contributed by atoms with Crippen LogP contribution in [0.15, 0.2) is 0 Å². The Morgan fingerprint density at radius 2 is 1.73 bits per heavy atom. The Morgan fingerprint density at radius 1 is 1.27 bits per heavy atom. The van der Waals surface area contributed by atoms with E-state index in [1.807, 2.05) is 0 Å². The topological polar surface area (TPSA) is 52.0 Å². The number of hydrogen-bond acceptors (Lipinski definition) is 2. The lowest BCUT2D eigenvalue weighted by atomic mass is 9.97. The molecule has 0 saturated carbocycles. The Kier molecular flexibility index (Phi) is 4.59. The predicted molar refractivity (Wildman–Crippen MR) is 53.9 cm³/mol. The van der Waals surface area contributed by atoms with E-state index in [-0.39, 0.29) is 16.4 Å². The van der Waals surface area contributed by atoms with Crippen LogP contribution in [-0.4, -0.2) is 16.4 Å². The van der Waals surface area contributed by atoms with Gasteiger partial charge in [0.05, 0.1) is 0 Å². The zero-order chi connectivity index (χ0) is 9.07. The Morgan fingerprint density at radius 3 is 2.00 bits per heavy atom. The summed E-state index contributed by atoms with van der Waals surface area (Å²) in [7, 11) is 0. The second-order valence-electron chi connectivity index (χ2n) is 3.66. The first-order valence-corrected chi connectivity index (χ1v) is 4.86. The molecule has 0 spiro atoms. The van der Waals surface area contributed by atoms with Gasteiger partial charge in [-0.05, 0) is 12.8 Å². The van der Waals surface area contributed by atoms with E-state index < -0.39 is 0 Å². The Bertz CT molecular complexity index is 109. The number of rotatable bonds is 4. The highest BCUT2D eigenvalue weighted by molar-refractivity contribution is 9.10. The van der Waals surface area contributed by atoms with Gasteiger partial charge < -0.3 is 11.5 Å². The van der Waals surface area contributed by atoms with E-state index in [0.717, 1.165) is 12.8 Å². The monoisotopic (exact) mass is 222 g/mol. The average Bonchev–Trinajstić information content (AvgIpc) is 1.82. The van der Waals surface area contributed by atoms with Gasteiger partial charge in [-0.15, -0.1) is 0 Å². The molecule has 0 amide bonds. The fourth-order valence-electron chi connectivity index (χ4n) is 1.01. The molecular formula is C8H19BrN2. The van der Waals surface area contributed by atoms with Crippen molar-refractivity contribution in [2.45, 2.75) is 50.0 Å². The van der Waals surface area contributed by atoms with Crippen molar-refractivity contribution >= 4 is 15.9 Å². The molecule has 0 rings (SSSR count). The first-order chi connectivity index (χ1) is 4.87. The Hall–Kier alpha value is 0.400. The summed E-state index contributed by atoms with van der Waals surface area (Å²) in [6, 6.07) is 0.237. The van der Waals surface area contributed by atoms with Gasteiger partial charge in [-0.1, -0.05) is 36.7 Å². The van der Waals surface area contributed by atoms with Gasteiger partial charge in [-0.2, -0.15) is 0 Å². The van der Waals surface area contributed by atoms with Crippen molar-refractivity contribution in [2.75, 3.05) is 0 Å². The summed E-state index contributed by atoms with van der Waals surface area (Å²) in [5.74, 6) is 0. The third kappa shape index (κ3) is 5.65. The summed E-state index contributed by atoms with van der Waals surface area (Å²) in [6.07, 6.45) is 1.87. The first-order valence-electron chi connectivity index (χ1n) is 4.07. The van der Waals surface area contributed by atoms with Gasteiger partial charge in [-0.3, -0.25) is 0 Å². The van der Waals surface area contributed by atoms with Gasteiger partial charge in [0, 0.05) is 16.4 Å². The van der Waals surface area contributed by atoms with Crippen molar-refractivity contribution < 1.29 is 0 Å². The number of halogens is 1. The molecule has 0 heterocycles. The molecule has 0 fully saturated rings. The van der Waals surface area contributed by atoms with Gasteiger partial charge in [0.2, 0.25) is 0 Å². The minimum atomic E-state index is 0.106. The highest BCUT2D eigenvalue weighted by Gasteiger charge is 2.20. The molecule has 0 aliphatic heterocycles. The van der Waals surface area contributed by atoms with E-state index in [1.165, 1.54) is 0 Å². The second kappa shape index (κ2) is 4.43. The molecule has 0 aromatic carbocycles. The highest BCUT2D eigenvalue weighted by Crippen LogP contribution is 2.22. The molecule has 2 nitrogen and oxygen atoms in total. The van der Waals surface area contributed by atoms with Gasteiger partial charge in [-0.25, -0.2) is 0 Å². The van der Waals surface area contributed by atoms with Crippen LogP contribution in [0.2, 0.25) is 0 Å². The molecule has 68 valence electrons. The molecule has 0 aromatic rings. The maximum atomic E-state index is 5.86. The molecule has 0 aromatic heterocycles. The summed E-state index contributed by atoms with van der Waals surface area (Å²) in [5, 5.41) is 0. The number of hydrogen-bond donors (Lipinski definition) is 2. The van der Waals surface area contributed by atoms with E-state index in [0.29, 0.717) is 0 Å². The third-order valence-electron chi connectivity index (χ3n) is 1.74.